The summed E-state index contributed by atoms with van der Waals surface area (Å²) in [6, 6.07) is 3.91. The summed E-state index contributed by atoms with van der Waals surface area (Å²) in [7, 11) is 3.23. The van der Waals surface area contributed by atoms with Gasteiger partial charge in [0.05, 0.1) is 14.2 Å². The molecule has 0 aliphatic carbocycles. The van der Waals surface area contributed by atoms with Gasteiger partial charge in [-0.2, -0.15) is 0 Å². The van der Waals surface area contributed by atoms with Gasteiger partial charge in [-0.05, 0) is 29.7 Å². The number of carbonyl (C=O) groups excluding carboxylic acids is 1. The van der Waals surface area contributed by atoms with Gasteiger partial charge in [0.1, 0.15) is 0 Å². The predicted molar refractivity (Wildman–Crippen MR) is 81.6 cm³/mol. The van der Waals surface area contributed by atoms with Crippen molar-refractivity contribution in [2.75, 3.05) is 27.3 Å². The normalized spacial score (nSPS) is 17.9. The molecule has 1 aliphatic rings. The van der Waals surface area contributed by atoms with Crippen molar-refractivity contribution >= 4 is 5.91 Å². The lowest BCUT2D eigenvalue weighted by atomic mass is 9.90. The number of ether oxygens (including phenoxy) is 2. The summed E-state index contributed by atoms with van der Waals surface area (Å²) < 4.78 is 10.7. The van der Waals surface area contributed by atoms with Crippen LogP contribution >= 0.6 is 0 Å². The summed E-state index contributed by atoms with van der Waals surface area (Å²) in [5, 5.41) is 0. The third-order valence-electron chi connectivity index (χ3n) is 3.87. The fraction of sp³-hybridized carbons (Fsp3) is 0.438. The first kappa shape index (κ1) is 15.4. The fourth-order valence-electron chi connectivity index (χ4n) is 2.89. The predicted octanol–water partition coefficient (Wildman–Crippen LogP) is 1.66. The van der Waals surface area contributed by atoms with Crippen LogP contribution in [0.1, 0.15) is 23.6 Å². The first-order valence-electron chi connectivity index (χ1n) is 6.98. The summed E-state index contributed by atoms with van der Waals surface area (Å²) in [6.07, 6.45) is 3.04. The maximum absolute atomic E-state index is 11.4. The molecule has 1 aromatic carbocycles. The second kappa shape index (κ2) is 6.63. The standard InChI is InChI=1S/C16H22N2O3/c1-4-6-18-7-5-11-8-14(20-2)15(21-3)9-12(11)13(18)10-16(17)19/h4,8-9,13H,1,5-7,10H2,2-3H3,(H2,17,19)/t13-/m0/s1. The topological polar surface area (TPSA) is 64.8 Å². The molecule has 1 amide bonds. The largest absolute Gasteiger partial charge is 0.493 e. The molecule has 0 spiro atoms. The van der Waals surface area contributed by atoms with Gasteiger partial charge in [0.15, 0.2) is 11.5 Å². The molecule has 21 heavy (non-hydrogen) atoms. The van der Waals surface area contributed by atoms with Crippen LogP contribution < -0.4 is 15.2 Å². The lowest BCUT2D eigenvalue weighted by Crippen LogP contribution is -2.37. The molecular weight excluding hydrogens is 268 g/mol. The Hall–Kier alpha value is -2.01. The van der Waals surface area contributed by atoms with Crippen molar-refractivity contribution in [1.82, 2.24) is 4.90 Å². The first-order chi connectivity index (χ1) is 10.1. The third-order valence-corrected chi connectivity index (χ3v) is 3.87. The molecule has 0 aromatic heterocycles. The van der Waals surface area contributed by atoms with E-state index in [2.05, 4.69) is 11.5 Å². The van der Waals surface area contributed by atoms with Crippen molar-refractivity contribution in [3.8, 4) is 11.5 Å². The van der Waals surface area contributed by atoms with Crippen LogP contribution in [0.4, 0.5) is 0 Å². The number of nitrogens with two attached hydrogens (primary N) is 1. The van der Waals surface area contributed by atoms with Gasteiger partial charge >= 0.3 is 0 Å². The second-order valence-electron chi connectivity index (χ2n) is 5.13. The van der Waals surface area contributed by atoms with Gasteiger partial charge in [-0.1, -0.05) is 6.08 Å². The highest BCUT2D eigenvalue weighted by Gasteiger charge is 2.29. The number of benzene rings is 1. The van der Waals surface area contributed by atoms with E-state index >= 15 is 0 Å². The zero-order chi connectivity index (χ0) is 15.4. The summed E-state index contributed by atoms with van der Waals surface area (Å²) in [5.41, 5.74) is 7.68. The molecule has 5 heteroatoms. The van der Waals surface area contributed by atoms with E-state index < -0.39 is 0 Å². The Kier molecular flexibility index (Phi) is 4.85. The minimum Gasteiger partial charge on any atom is -0.493 e. The molecule has 0 saturated carbocycles. The number of amides is 1. The monoisotopic (exact) mass is 290 g/mol. The molecule has 1 aliphatic heterocycles. The number of hydrogen-bond donors (Lipinski definition) is 1. The Balaban J connectivity index is 2.45. The molecule has 0 fully saturated rings. The van der Waals surface area contributed by atoms with E-state index in [4.69, 9.17) is 15.2 Å². The van der Waals surface area contributed by atoms with Crippen molar-refractivity contribution < 1.29 is 14.3 Å². The number of methoxy groups -OCH3 is 2. The zero-order valence-electron chi connectivity index (χ0n) is 12.6. The third kappa shape index (κ3) is 3.19. The van der Waals surface area contributed by atoms with Crippen molar-refractivity contribution in [2.24, 2.45) is 5.73 Å². The van der Waals surface area contributed by atoms with Gasteiger partial charge in [-0.3, -0.25) is 9.69 Å². The Morgan fingerprint density at radius 2 is 2.10 bits per heavy atom. The lowest BCUT2D eigenvalue weighted by Gasteiger charge is -2.36. The van der Waals surface area contributed by atoms with E-state index in [1.807, 2.05) is 18.2 Å². The van der Waals surface area contributed by atoms with Gasteiger partial charge in [0.2, 0.25) is 5.91 Å². The number of carbonyl (C=O) groups is 1. The molecule has 5 nitrogen and oxygen atoms in total. The highest BCUT2D eigenvalue weighted by atomic mass is 16.5. The van der Waals surface area contributed by atoms with E-state index in [1.165, 1.54) is 5.56 Å². The molecule has 114 valence electrons. The summed E-state index contributed by atoms with van der Waals surface area (Å²) in [6.45, 7) is 5.38. The summed E-state index contributed by atoms with van der Waals surface area (Å²) in [5.74, 6) is 1.08. The van der Waals surface area contributed by atoms with Gasteiger partial charge in [0, 0.05) is 25.6 Å². The number of primary amides is 1. The molecule has 0 radical (unpaired) electrons. The van der Waals surface area contributed by atoms with Crippen LogP contribution in [0, 0.1) is 0 Å². The fourth-order valence-corrected chi connectivity index (χ4v) is 2.89. The van der Waals surface area contributed by atoms with E-state index in [0.717, 1.165) is 25.1 Å². The van der Waals surface area contributed by atoms with Gasteiger partial charge in [-0.15, -0.1) is 6.58 Å². The van der Waals surface area contributed by atoms with Crippen molar-refractivity contribution in [1.29, 1.82) is 0 Å². The van der Waals surface area contributed by atoms with E-state index in [-0.39, 0.29) is 18.4 Å². The molecular formula is C16H22N2O3. The van der Waals surface area contributed by atoms with Crippen LogP contribution in [0.15, 0.2) is 24.8 Å². The maximum Gasteiger partial charge on any atom is 0.219 e. The molecule has 0 unspecified atom stereocenters. The van der Waals surface area contributed by atoms with Crippen LogP contribution in [-0.4, -0.2) is 38.1 Å². The smallest absolute Gasteiger partial charge is 0.219 e. The second-order valence-corrected chi connectivity index (χ2v) is 5.13. The molecule has 2 N–H and O–H groups in total. The van der Waals surface area contributed by atoms with Crippen LogP contribution in [-0.2, 0) is 11.2 Å². The molecule has 1 atom stereocenters. The van der Waals surface area contributed by atoms with E-state index in [9.17, 15) is 4.79 Å². The number of hydrogen-bond acceptors (Lipinski definition) is 4. The minimum absolute atomic E-state index is 0.0379. The quantitative estimate of drug-likeness (QED) is 0.809. The van der Waals surface area contributed by atoms with Crippen LogP contribution in [0.25, 0.3) is 0 Å². The van der Waals surface area contributed by atoms with Crippen molar-refractivity contribution in [3.05, 3.63) is 35.9 Å². The van der Waals surface area contributed by atoms with Gasteiger partial charge in [0.25, 0.3) is 0 Å². The maximum atomic E-state index is 11.4. The summed E-state index contributed by atoms with van der Waals surface area (Å²) >= 11 is 0. The van der Waals surface area contributed by atoms with Crippen molar-refractivity contribution in [3.63, 3.8) is 0 Å². The van der Waals surface area contributed by atoms with Crippen LogP contribution in [0.2, 0.25) is 0 Å². The Labute approximate surface area is 125 Å². The molecule has 1 heterocycles. The summed E-state index contributed by atoms with van der Waals surface area (Å²) in [4.78, 5) is 13.6. The molecule has 0 bridgehead atoms. The highest BCUT2D eigenvalue weighted by Crippen LogP contribution is 2.39. The number of fused-ring (bicyclic) bond motifs is 1. The molecule has 2 rings (SSSR count). The van der Waals surface area contributed by atoms with Crippen molar-refractivity contribution in [2.45, 2.75) is 18.9 Å². The highest BCUT2D eigenvalue weighted by molar-refractivity contribution is 5.75. The van der Waals surface area contributed by atoms with E-state index in [1.54, 1.807) is 14.2 Å². The zero-order valence-corrected chi connectivity index (χ0v) is 12.6. The Morgan fingerprint density at radius 3 is 2.67 bits per heavy atom. The van der Waals surface area contributed by atoms with Gasteiger partial charge in [-0.25, -0.2) is 0 Å². The first-order valence-corrected chi connectivity index (χ1v) is 6.98. The lowest BCUT2D eigenvalue weighted by molar-refractivity contribution is -0.119. The number of nitrogens with zero attached hydrogens (tertiary/aromatic N) is 1. The Morgan fingerprint density at radius 1 is 1.43 bits per heavy atom. The molecule has 1 aromatic rings. The minimum atomic E-state index is -0.309. The SMILES string of the molecule is C=CCN1CCc2cc(OC)c(OC)cc2[C@@H]1CC(N)=O. The van der Waals surface area contributed by atoms with Crippen LogP contribution in [0.5, 0.6) is 11.5 Å². The number of rotatable bonds is 6. The average molecular weight is 290 g/mol. The Bertz CT molecular complexity index is 543. The average Bonchev–Trinajstić information content (AvgIpc) is 2.48. The van der Waals surface area contributed by atoms with E-state index in [0.29, 0.717) is 11.5 Å². The van der Waals surface area contributed by atoms with Gasteiger partial charge < -0.3 is 15.2 Å². The molecule has 0 saturated heterocycles. The van der Waals surface area contributed by atoms with Crippen LogP contribution in [0.3, 0.4) is 0 Å².